The molecule has 0 aromatic heterocycles. The molecule has 20 heavy (non-hydrogen) atoms. The van der Waals surface area contributed by atoms with Crippen LogP contribution in [-0.4, -0.2) is 0 Å². The summed E-state index contributed by atoms with van der Waals surface area (Å²) in [5.74, 6) is 2.73. The second kappa shape index (κ2) is 12.5. The third-order valence-electron chi connectivity index (χ3n) is 4.63. The van der Waals surface area contributed by atoms with Gasteiger partial charge in [-0.2, -0.15) is 0 Å². The van der Waals surface area contributed by atoms with E-state index in [1.165, 1.54) is 57.8 Å². The van der Waals surface area contributed by atoms with E-state index in [9.17, 15) is 0 Å². The molecule has 0 heterocycles. The lowest BCUT2D eigenvalue weighted by Gasteiger charge is -2.15. The van der Waals surface area contributed by atoms with Gasteiger partial charge >= 0.3 is 0 Å². The van der Waals surface area contributed by atoms with Crippen LogP contribution in [0.25, 0.3) is 0 Å². The standard InChI is InChI=1S/C20H40/c1-7-18(4)12-9-14-20(6)16-10-15-19(5)13-8-11-17(2)3/h7,17,19-20H,8-16H2,1-6H3/b18-7+/t19-,20+/m1/s1. The van der Waals surface area contributed by atoms with Crippen molar-refractivity contribution in [2.24, 2.45) is 17.8 Å². The molecule has 0 radical (unpaired) electrons. The van der Waals surface area contributed by atoms with Crippen LogP contribution in [0.15, 0.2) is 11.6 Å². The van der Waals surface area contributed by atoms with Crippen molar-refractivity contribution in [3.63, 3.8) is 0 Å². The van der Waals surface area contributed by atoms with E-state index in [0.29, 0.717) is 0 Å². The van der Waals surface area contributed by atoms with E-state index in [4.69, 9.17) is 0 Å². The summed E-state index contributed by atoms with van der Waals surface area (Å²) in [6.07, 6.45) is 14.9. The first kappa shape index (κ1) is 19.7. The van der Waals surface area contributed by atoms with Gasteiger partial charge in [0.05, 0.1) is 0 Å². The van der Waals surface area contributed by atoms with Gasteiger partial charge in [0.15, 0.2) is 0 Å². The molecule has 0 unspecified atom stereocenters. The Morgan fingerprint density at radius 3 is 1.65 bits per heavy atom. The van der Waals surface area contributed by atoms with Crippen LogP contribution in [0.2, 0.25) is 0 Å². The summed E-state index contributed by atoms with van der Waals surface area (Å²) in [5, 5.41) is 0. The van der Waals surface area contributed by atoms with Crippen LogP contribution in [0.1, 0.15) is 99.3 Å². The van der Waals surface area contributed by atoms with Crippen LogP contribution in [0.4, 0.5) is 0 Å². The van der Waals surface area contributed by atoms with Crippen molar-refractivity contribution >= 4 is 0 Å². The summed E-state index contributed by atoms with van der Waals surface area (Å²) < 4.78 is 0. The van der Waals surface area contributed by atoms with Crippen molar-refractivity contribution in [1.29, 1.82) is 0 Å². The lowest BCUT2D eigenvalue weighted by Crippen LogP contribution is -2.00. The van der Waals surface area contributed by atoms with E-state index in [1.807, 2.05) is 0 Å². The molecule has 0 heteroatoms. The Bertz CT molecular complexity index is 236. The average Bonchev–Trinajstić information content (AvgIpc) is 2.38. The third-order valence-corrected chi connectivity index (χ3v) is 4.63. The predicted molar refractivity (Wildman–Crippen MR) is 94.2 cm³/mol. The first-order valence-corrected chi connectivity index (χ1v) is 9.07. The van der Waals surface area contributed by atoms with Crippen LogP contribution in [-0.2, 0) is 0 Å². The zero-order chi connectivity index (χ0) is 15.4. The van der Waals surface area contributed by atoms with Crippen molar-refractivity contribution in [2.75, 3.05) is 0 Å². The van der Waals surface area contributed by atoms with Gasteiger partial charge in [0, 0.05) is 0 Å². The van der Waals surface area contributed by atoms with Gasteiger partial charge < -0.3 is 0 Å². The Hall–Kier alpha value is -0.260. The molecular formula is C20H40. The van der Waals surface area contributed by atoms with Crippen molar-refractivity contribution in [1.82, 2.24) is 0 Å². The van der Waals surface area contributed by atoms with Crippen LogP contribution in [0, 0.1) is 17.8 Å². The molecule has 0 aromatic rings. The zero-order valence-electron chi connectivity index (χ0n) is 15.2. The highest BCUT2D eigenvalue weighted by atomic mass is 14.1. The van der Waals surface area contributed by atoms with Crippen LogP contribution >= 0.6 is 0 Å². The van der Waals surface area contributed by atoms with E-state index in [-0.39, 0.29) is 0 Å². The van der Waals surface area contributed by atoms with E-state index in [2.05, 4.69) is 47.6 Å². The summed E-state index contributed by atoms with van der Waals surface area (Å²) in [7, 11) is 0. The molecule has 0 aliphatic heterocycles. The zero-order valence-corrected chi connectivity index (χ0v) is 15.2. The summed E-state index contributed by atoms with van der Waals surface area (Å²) in [6, 6.07) is 0. The second-order valence-corrected chi connectivity index (χ2v) is 7.49. The van der Waals surface area contributed by atoms with Crippen LogP contribution in [0.5, 0.6) is 0 Å². The van der Waals surface area contributed by atoms with Gasteiger partial charge in [0.2, 0.25) is 0 Å². The maximum atomic E-state index is 2.44. The van der Waals surface area contributed by atoms with E-state index in [0.717, 1.165) is 17.8 Å². The molecule has 0 aromatic carbocycles. The molecule has 0 aliphatic carbocycles. The minimum absolute atomic E-state index is 0.878. The maximum absolute atomic E-state index is 2.44. The molecule has 0 bridgehead atoms. The molecule has 0 aliphatic rings. The van der Waals surface area contributed by atoms with Gasteiger partial charge in [0.1, 0.15) is 0 Å². The topological polar surface area (TPSA) is 0 Å². The van der Waals surface area contributed by atoms with Gasteiger partial charge in [-0.1, -0.05) is 84.3 Å². The highest BCUT2D eigenvalue weighted by Crippen LogP contribution is 2.21. The molecule has 0 amide bonds. The fraction of sp³-hybridized carbons (Fsp3) is 0.900. The molecule has 0 nitrogen and oxygen atoms in total. The summed E-state index contributed by atoms with van der Waals surface area (Å²) in [5.41, 5.74) is 1.55. The number of hydrogen-bond donors (Lipinski definition) is 0. The summed E-state index contributed by atoms with van der Waals surface area (Å²) in [4.78, 5) is 0. The fourth-order valence-corrected chi connectivity index (χ4v) is 2.85. The summed E-state index contributed by atoms with van der Waals surface area (Å²) >= 11 is 0. The predicted octanol–water partition coefficient (Wildman–Crippen LogP) is 7.39. The number of allylic oxidation sites excluding steroid dienone is 2. The molecule has 0 fully saturated rings. The monoisotopic (exact) mass is 280 g/mol. The minimum Gasteiger partial charge on any atom is -0.0887 e. The van der Waals surface area contributed by atoms with E-state index in [1.54, 1.807) is 5.57 Å². The first-order chi connectivity index (χ1) is 9.45. The van der Waals surface area contributed by atoms with E-state index >= 15 is 0 Å². The maximum Gasteiger partial charge on any atom is -0.0323 e. The second-order valence-electron chi connectivity index (χ2n) is 7.49. The molecule has 0 spiro atoms. The van der Waals surface area contributed by atoms with Crippen molar-refractivity contribution in [3.05, 3.63) is 11.6 Å². The fourth-order valence-electron chi connectivity index (χ4n) is 2.85. The normalized spacial score (nSPS) is 15.7. The number of rotatable bonds is 12. The molecule has 0 saturated carbocycles. The Morgan fingerprint density at radius 1 is 0.750 bits per heavy atom. The minimum atomic E-state index is 0.878. The molecular weight excluding hydrogens is 240 g/mol. The SMILES string of the molecule is C/C=C(\C)CCC[C@H](C)CCC[C@H](C)CCCC(C)C. The van der Waals surface area contributed by atoms with Crippen molar-refractivity contribution < 1.29 is 0 Å². The average molecular weight is 281 g/mol. The van der Waals surface area contributed by atoms with Crippen LogP contribution in [0.3, 0.4) is 0 Å². The Labute approximate surface area is 129 Å². The Morgan fingerprint density at radius 2 is 1.20 bits per heavy atom. The summed E-state index contributed by atoms with van der Waals surface area (Å²) in [6.45, 7) is 14.0. The van der Waals surface area contributed by atoms with Gasteiger partial charge in [-0.05, 0) is 44.4 Å². The van der Waals surface area contributed by atoms with Crippen molar-refractivity contribution in [2.45, 2.75) is 99.3 Å². The molecule has 0 rings (SSSR count). The lowest BCUT2D eigenvalue weighted by atomic mass is 9.91. The Balaban J connectivity index is 3.48. The molecule has 2 atom stereocenters. The van der Waals surface area contributed by atoms with Crippen LogP contribution < -0.4 is 0 Å². The quantitative estimate of drug-likeness (QED) is 0.327. The van der Waals surface area contributed by atoms with Crippen molar-refractivity contribution in [3.8, 4) is 0 Å². The molecule has 120 valence electrons. The highest BCUT2D eigenvalue weighted by Gasteiger charge is 2.06. The van der Waals surface area contributed by atoms with Gasteiger partial charge in [-0.25, -0.2) is 0 Å². The van der Waals surface area contributed by atoms with Gasteiger partial charge in [0.25, 0.3) is 0 Å². The van der Waals surface area contributed by atoms with Gasteiger partial charge in [-0.15, -0.1) is 0 Å². The van der Waals surface area contributed by atoms with E-state index < -0.39 is 0 Å². The largest absolute Gasteiger partial charge is 0.0887 e. The molecule has 0 saturated heterocycles. The lowest BCUT2D eigenvalue weighted by molar-refractivity contribution is 0.389. The first-order valence-electron chi connectivity index (χ1n) is 9.07. The number of hydrogen-bond acceptors (Lipinski definition) is 0. The Kier molecular flexibility index (Phi) is 12.3. The molecule has 0 N–H and O–H groups in total. The smallest absolute Gasteiger partial charge is 0.0323 e. The van der Waals surface area contributed by atoms with Gasteiger partial charge in [-0.3, -0.25) is 0 Å². The highest BCUT2D eigenvalue weighted by molar-refractivity contribution is 4.94. The third kappa shape index (κ3) is 12.8.